The van der Waals surface area contributed by atoms with Crippen LogP contribution in [0.4, 0.5) is 0 Å². The van der Waals surface area contributed by atoms with E-state index in [4.69, 9.17) is 16.3 Å². The molecule has 0 spiro atoms. The van der Waals surface area contributed by atoms with Gasteiger partial charge in [-0.05, 0) is 0 Å². The lowest BCUT2D eigenvalue weighted by Gasteiger charge is -2.28. The molecule has 1 heterocycles. The van der Waals surface area contributed by atoms with E-state index < -0.39 is 66.5 Å². The Balaban J connectivity index is 3.00. The van der Waals surface area contributed by atoms with Crippen LogP contribution in [0.5, 0.6) is 0 Å². The zero-order valence-electron chi connectivity index (χ0n) is 17.0. The summed E-state index contributed by atoms with van der Waals surface area (Å²) in [6.45, 7) is 0.681. The molecule has 16 heteroatoms. The van der Waals surface area contributed by atoms with Crippen LogP contribution >= 0.6 is 11.8 Å². The number of aliphatic carboxylic acids is 2. The number of hydrogen-bond donors (Lipinski definition) is 7. The number of nitrogens with zero attached hydrogens (tertiary/aromatic N) is 2. The van der Waals surface area contributed by atoms with Gasteiger partial charge in [-0.25, -0.2) is 14.4 Å². The molecule has 180 valence electrons. The van der Waals surface area contributed by atoms with E-state index in [1.807, 2.05) is 0 Å². The SMILES string of the molecule is CC(=O)N[C@H](CSC[C@H]1[C@@H](OC(=O)/C=N/N)C[C@@H]([C@@H](NC(=O)CN)C(=O)O)N1O)C(=O)O. The lowest BCUT2D eigenvalue weighted by Crippen LogP contribution is -2.55. The maximum atomic E-state index is 11.8. The normalized spacial score (nSPS) is 22.8. The summed E-state index contributed by atoms with van der Waals surface area (Å²) in [7, 11) is 0. The minimum Gasteiger partial charge on any atom is -0.480 e. The monoisotopic (exact) mass is 478 g/mol. The number of hydrazone groups is 1. The number of carboxylic acids is 2. The van der Waals surface area contributed by atoms with Gasteiger partial charge in [-0.2, -0.15) is 21.9 Å². The lowest BCUT2D eigenvalue weighted by atomic mass is 10.0. The number of thioether (sulfide) groups is 1. The van der Waals surface area contributed by atoms with Gasteiger partial charge in [-0.3, -0.25) is 9.59 Å². The number of hydrogen-bond acceptors (Lipinski definition) is 12. The zero-order chi connectivity index (χ0) is 24.4. The van der Waals surface area contributed by atoms with Crippen molar-refractivity contribution in [2.75, 3.05) is 18.1 Å². The number of carboxylic acid groups (broad SMARTS) is 2. The first kappa shape index (κ1) is 27.1. The van der Waals surface area contributed by atoms with Crippen LogP contribution in [-0.4, -0.2) is 105 Å². The molecular formula is C16H26N6O9S. The third-order valence-electron chi connectivity index (χ3n) is 4.43. The van der Waals surface area contributed by atoms with Crippen molar-refractivity contribution in [2.45, 2.75) is 43.6 Å². The first-order valence-corrected chi connectivity index (χ1v) is 10.4. The average molecular weight is 478 g/mol. The topological polar surface area (TPSA) is 247 Å². The Morgan fingerprint density at radius 1 is 1.25 bits per heavy atom. The Bertz CT molecular complexity index is 752. The van der Waals surface area contributed by atoms with Crippen molar-refractivity contribution in [1.82, 2.24) is 15.7 Å². The number of ether oxygens (including phenoxy) is 1. The van der Waals surface area contributed by atoms with Crippen molar-refractivity contribution < 1.29 is 44.1 Å². The highest BCUT2D eigenvalue weighted by atomic mass is 32.2. The molecule has 0 aromatic rings. The fraction of sp³-hybridized carbons (Fsp3) is 0.625. The quantitative estimate of drug-likeness (QED) is 0.0624. The molecule has 1 aliphatic heterocycles. The number of rotatable bonds is 12. The van der Waals surface area contributed by atoms with Crippen molar-refractivity contribution in [3.63, 3.8) is 0 Å². The van der Waals surface area contributed by atoms with Gasteiger partial charge in [-0.15, -0.1) is 0 Å². The van der Waals surface area contributed by atoms with E-state index in [0.717, 1.165) is 18.7 Å². The summed E-state index contributed by atoms with van der Waals surface area (Å²) >= 11 is 1.02. The summed E-state index contributed by atoms with van der Waals surface area (Å²) in [6, 6.07) is -4.93. The summed E-state index contributed by atoms with van der Waals surface area (Å²) in [4.78, 5) is 57.5. The molecule has 0 radical (unpaired) electrons. The van der Waals surface area contributed by atoms with Crippen LogP contribution in [-0.2, 0) is 28.7 Å². The van der Waals surface area contributed by atoms with Crippen LogP contribution in [0.2, 0.25) is 0 Å². The van der Waals surface area contributed by atoms with Gasteiger partial charge < -0.3 is 42.4 Å². The standard InChI is InChI=1S/C16H26N6O9S/c1-7(23)20-8(15(26)27)5-32-6-10-11(31-13(25)4-19-18)2-9(22(10)30)14(16(28)29)21-12(24)3-17/h4,8-11,14,30H,2-3,5-6,17-18H2,1H3,(H,20,23)(H,21,24)(H,26,27)(H,28,29)/b19-4+/t8-,9+,10+,11+,14-/m1/s1. The number of nitrogens with two attached hydrogens (primary N) is 2. The van der Waals surface area contributed by atoms with E-state index in [2.05, 4.69) is 15.7 Å². The van der Waals surface area contributed by atoms with E-state index in [9.17, 15) is 39.4 Å². The minimum atomic E-state index is -1.57. The fourth-order valence-electron chi connectivity index (χ4n) is 3.04. The van der Waals surface area contributed by atoms with Crippen molar-refractivity contribution in [1.29, 1.82) is 0 Å². The first-order chi connectivity index (χ1) is 15.0. The molecule has 1 saturated heterocycles. The van der Waals surface area contributed by atoms with E-state index in [1.165, 1.54) is 0 Å². The second-order valence-electron chi connectivity index (χ2n) is 6.72. The van der Waals surface area contributed by atoms with Crippen LogP contribution < -0.4 is 22.2 Å². The lowest BCUT2D eigenvalue weighted by molar-refractivity contribution is -0.165. The largest absolute Gasteiger partial charge is 0.480 e. The predicted molar refractivity (Wildman–Crippen MR) is 110 cm³/mol. The Morgan fingerprint density at radius 3 is 2.41 bits per heavy atom. The molecule has 1 aliphatic rings. The fourth-order valence-corrected chi connectivity index (χ4v) is 4.25. The number of esters is 1. The zero-order valence-corrected chi connectivity index (χ0v) is 17.9. The number of carbonyl (C=O) groups is 5. The van der Waals surface area contributed by atoms with Crippen LogP contribution in [0.25, 0.3) is 0 Å². The first-order valence-electron chi connectivity index (χ1n) is 9.22. The van der Waals surface area contributed by atoms with Gasteiger partial charge in [0.15, 0.2) is 0 Å². The summed E-state index contributed by atoms with van der Waals surface area (Å²) in [5, 5.41) is 37.4. The molecule has 15 nitrogen and oxygen atoms in total. The average Bonchev–Trinajstić information content (AvgIpc) is 2.99. The molecule has 0 unspecified atom stereocenters. The summed E-state index contributed by atoms with van der Waals surface area (Å²) in [6.07, 6.45) is -0.535. The van der Waals surface area contributed by atoms with E-state index in [0.29, 0.717) is 11.3 Å². The molecule has 1 fully saturated rings. The second kappa shape index (κ2) is 12.8. The Kier molecular flexibility index (Phi) is 10.8. The molecule has 2 amide bonds. The van der Waals surface area contributed by atoms with E-state index >= 15 is 0 Å². The van der Waals surface area contributed by atoms with E-state index in [-0.39, 0.29) is 17.9 Å². The van der Waals surface area contributed by atoms with Gasteiger partial charge >= 0.3 is 17.9 Å². The molecule has 5 atom stereocenters. The smallest absolute Gasteiger partial charge is 0.351 e. The molecule has 0 aromatic carbocycles. The van der Waals surface area contributed by atoms with Gasteiger partial charge in [0.05, 0.1) is 18.6 Å². The van der Waals surface area contributed by atoms with Crippen LogP contribution in [0.1, 0.15) is 13.3 Å². The van der Waals surface area contributed by atoms with Crippen molar-refractivity contribution in [3.8, 4) is 0 Å². The second-order valence-corrected chi connectivity index (χ2v) is 7.80. The van der Waals surface area contributed by atoms with Crippen LogP contribution in [0.15, 0.2) is 5.10 Å². The molecular weight excluding hydrogens is 452 g/mol. The number of carbonyl (C=O) groups excluding carboxylic acids is 3. The summed E-state index contributed by atoms with van der Waals surface area (Å²) in [5.41, 5.74) is 5.20. The van der Waals surface area contributed by atoms with Crippen LogP contribution in [0.3, 0.4) is 0 Å². The summed E-state index contributed by atoms with van der Waals surface area (Å²) < 4.78 is 5.20. The highest BCUT2D eigenvalue weighted by Crippen LogP contribution is 2.30. The molecule has 0 aliphatic carbocycles. The van der Waals surface area contributed by atoms with Gasteiger partial charge in [0.1, 0.15) is 24.4 Å². The molecule has 0 bridgehead atoms. The number of amides is 2. The maximum absolute atomic E-state index is 11.8. The summed E-state index contributed by atoms with van der Waals surface area (Å²) in [5.74, 6) is -0.159. The van der Waals surface area contributed by atoms with Gasteiger partial charge in [0.2, 0.25) is 11.8 Å². The maximum Gasteiger partial charge on any atom is 0.351 e. The number of hydroxylamine groups is 2. The molecule has 1 rings (SSSR count). The third kappa shape index (κ3) is 7.95. The Hall–Kier alpha value is -2.95. The molecule has 0 aromatic heterocycles. The predicted octanol–water partition coefficient (Wildman–Crippen LogP) is -3.47. The van der Waals surface area contributed by atoms with Crippen molar-refractivity contribution >= 4 is 47.7 Å². The molecule has 0 saturated carbocycles. The van der Waals surface area contributed by atoms with Crippen LogP contribution in [0, 0.1) is 0 Å². The van der Waals surface area contributed by atoms with Crippen molar-refractivity contribution in [3.05, 3.63) is 0 Å². The highest BCUT2D eigenvalue weighted by Gasteiger charge is 2.48. The van der Waals surface area contributed by atoms with Gasteiger partial charge in [0, 0.05) is 24.9 Å². The molecule has 32 heavy (non-hydrogen) atoms. The molecule has 9 N–H and O–H groups in total. The highest BCUT2D eigenvalue weighted by molar-refractivity contribution is 7.99. The Labute approximate surface area is 186 Å². The van der Waals surface area contributed by atoms with Gasteiger partial charge in [0.25, 0.3) is 0 Å². The minimum absolute atomic E-state index is 0.00868. The number of nitrogens with one attached hydrogen (secondary N) is 2. The third-order valence-corrected chi connectivity index (χ3v) is 5.58. The van der Waals surface area contributed by atoms with Crippen molar-refractivity contribution in [2.24, 2.45) is 16.7 Å². The van der Waals surface area contributed by atoms with Gasteiger partial charge in [-0.1, -0.05) is 0 Å². The Morgan fingerprint density at radius 2 is 1.91 bits per heavy atom. The van der Waals surface area contributed by atoms with E-state index in [1.54, 1.807) is 0 Å².